The molecule has 0 radical (unpaired) electrons. The number of anilines is 1. The van der Waals surface area contributed by atoms with Gasteiger partial charge in [-0.15, -0.1) is 0 Å². The molecule has 124 valence electrons. The molecule has 7 heteroatoms. The second-order valence-electron chi connectivity index (χ2n) is 5.23. The lowest BCUT2D eigenvalue weighted by molar-refractivity contribution is 0.282. The molecular weight excluding hydrogens is 334 g/mol. The molecule has 3 N–H and O–H groups in total. The highest BCUT2D eigenvalue weighted by Gasteiger charge is 2.14. The quantitative estimate of drug-likeness (QED) is 0.538. The Bertz CT molecular complexity index is 907. The lowest BCUT2D eigenvalue weighted by atomic mass is 10.1. The summed E-state index contributed by atoms with van der Waals surface area (Å²) in [7, 11) is 0. The number of aliphatic hydroxyl groups is 1. The third-order valence-electron chi connectivity index (χ3n) is 3.53. The minimum absolute atomic E-state index is 0.0382. The van der Waals surface area contributed by atoms with Crippen LogP contribution in [0.3, 0.4) is 0 Å². The summed E-state index contributed by atoms with van der Waals surface area (Å²) >= 11 is 1.43. The van der Waals surface area contributed by atoms with Gasteiger partial charge in [0.05, 0.1) is 12.3 Å². The number of hydrogen-bond donors (Lipinski definition) is 2. The number of aromatic nitrogens is 3. The van der Waals surface area contributed by atoms with Crippen LogP contribution in [0.2, 0.25) is 0 Å². The van der Waals surface area contributed by atoms with Crippen molar-refractivity contribution in [2.75, 3.05) is 5.73 Å². The first-order chi connectivity index (χ1) is 12.2. The Morgan fingerprint density at radius 2 is 1.92 bits per heavy atom. The normalized spacial score (nSPS) is 10.4. The Labute approximate surface area is 149 Å². The van der Waals surface area contributed by atoms with Crippen LogP contribution in [0, 0.1) is 11.3 Å². The van der Waals surface area contributed by atoms with Crippen molar-refractivity contribution < 1.29 is 5.11 Å². The number of nitrogens with zero attached hydrogens (tertiary/aromatic N) is 4. The van der Waals surface area contributed by atoms with Gasteiger partial charge in [-0.25, -0.2) is 9.97 Å². The Morgan fingerprint density at radius 1 is 1.12 bits per heavy atom. The van der Waals surface area contributed by atoms with Gasteiger partial charge in [-0.05, 0) is 17.2 Å². The van der Waals surface area contributed by atoms with Gasteiger partial charge < -0.3 is 10.8 Å². The maximum atomic E-state index is 9.40. The van der Waals surface area contributed by atoms with Gasteiger partial charge in [0.1, 0.15) is 17.5 Å². The molecule has 0 bridgehead atoms. The molecule has 3 aromatic rings. The van der Waals surface area contributed by atoms with Crippen LogP contribution in [0.4, 0.5) is 5.82 Å². The number of thioether (sulfide) groups is 1. The molecule has 0 spiro atoms. The van der Waals surface area contributed by atoms with E-state index in [-0.39, 0.29) is 18.0 Å². The van der Waals surface area contributed by atoms with Crippen molar-refractivity contribution in [3.05, 3.63) is 65.5 Å². The topological polar surface area (TPSA) is 109 Å². The Balaban J connectivity index is 1.93. The number of rotatable bonds is 5. The van der Waals surface area contributed by atoms with Gasteiger partial charge in [0.2, 0.25) is 0 Å². The summed E-state index contributed by atoms with van der Waals surface area (Å²) in [5.41, 5.74) is 9.29. The molecule has 3 rings (SSSR count). The smallest absolute Gasteiger partial charge is 0.190 e. The minimum atomic E-state index is -0.0382. The van der Waals surface area contributed by atoms with E-state index in [1.54, 1.807) is 24.5 Å². The predicted molar refractivity (Wildman–Crippen MR) is 96.3 cm³/mol. The van der Waals surface area contributed by atoms with Crippen LogP contribution in [0.5, 0.6) is 0 Å². The van der Waals surface area contributed by atoms with Crippen LogP contribution < -0.4 is 5.73 Å². The first-order valence-corrected chi connectivity index (χ1v) is 8.49. The zero-order valence-corrected chi connectivity index (χ0v) is 14.1. The Hall–Kier alpha value is -2.95. The first kappa shape index (κ1) is 16.9. The molecule has 0 aliphatic rings. The maximum Gasteiger partial charge on any atom is 0.190 e. The highest BCUT2D eigenvalue weighted by Crippen LogP contribution is 2.29. The third kappa shape index (κ3) is 3.94. The molecular formula is C18H15N5OS. The molecule has 25 heavy (non-hydrogen) atoms. The zero-order chi connectivity index (χ0) is 17.6. The standard InChI is InChI=1S/C18H15N5OS/c19-8-15-16(14-5-3-12(10-24)4-6-14)22-18(23-17(15)20)25-11-13-2-1-7-21-9-13/h1-7,9,24H,10-11H2,(H2,20,22,23). The summed E-state index contributed by atoms with van der Waals surface area (Å²) in [6.45, 7) is -0.0382. The third-order valence-corrected chi connectivity index (χ3v) is 4.45. The molecule has 0 fully saturated rings. The number of aliphatic hydroxyl groups excluding tert-OH is 1. The number of nitriles is 1. The molecule has 1 aromatic carbocycles. The summed E-state index contributed by atoms with van der Waals surface area (Å²) in [4.78, 5) is 12.8. The fourth-order valence-corrected chi connectivity index (χ4v) is 3.03. The number of benzene rings is 1. The van der Waals surface area contributed by atoms with E-state index in [4.69, 9.17) is 10.8 Å². The van der Waals surface area contributed by atoms with Crippen LogP contribution in [0.25, 0.3) is 11.3 Å². The molecule has 6 nitrogen and oxygen atoms in total. The van der Waals surface area contributed by atoms with Gasteiger partial charge in [0, 0.05) is 23.7 Å². The van der Waals surface area contributed by atoms with Crippen molar-refractivity contribution in [3.8, 4) is 17.3 Å². The molecule has 0 atom stereocenters. The molecule has 0 saturated heterocycles. The van der Waals surface area contributed by atoms with Crippen molar-refractivity contribution in [3.63, 3.8) is 0 Å². The highest BCUT2D eigenvalue weighted by molar-refractivity contribution is 7.98. The van der Waals surface area contributed by atoms with Gasteiger partial charge in [-0.1, -0.05) is 42.1 Å². The average molecular weight is 349 g/mol. The van der Waals surface area contributed by atoms with E-state index >= 15 is 0 Å². The molecule has 0 aliphatic carbocycles. The lowest BCUT2D eigenvalue weighted by Gasteiger charge is -2.09. The van der Waals surface area contributed by atoms with Crippen LogP contribution in [0.15, 0.2) is 53.9 Å². The van der Waals surface area contributed by atoms with E-state index in [0.29, 0.717) is 16.6 Å². The van der Waals surface area contributed by atoms with Gasteiger partial charge in [0.25, 0.3) is 0 Å². The van der Waals surface area contributed by atoms with Crippen molar-refractivity contribution in [1.29, 1.82) is 5.26 Å². The zero-order valence-electron chi connectivity index (χ0n) is 13.3. The van der Waals surface area contributed by atoms with E-state index in [0.717, 1.165) is 16.7 Å². The molecule has 2 heterocycles. The van der Waals surface area contributed by atoms with Gasteiger partial charge in [-0.2, -0.15) is 5.26 Å². The van der Waals surface area contributed by atoms with Crippen molar-refractivity contribution >= 4 is 17.6 Å². The summed E-state index contributed by atoms with van der Waals surface area (Å²) in [6.07, 6.45) is 3.51. The van der Waals surface area contributed by atoms with E-state index < -0.39 is 0 Å². The Kier molecular flexibility index (Phi) is 5.23. The van der Waals surface area contributed by atoms with E-state index in [2.05, 4.69) is 21.0 Å². The molecule has 2 aromatic heterocycles. The largest absolute Gasteiger partial charge is 0.392 e. The maximum absolute atomic E-state index is 9.40. The van der Waals surface area contributed by atoms with Crippen LogP contribution in [0.1, 0.15) is 16.7 Å². The molecule has 0 unspecified atom stereocenters. The first-order valence-electron chi connectivity index (χ1n) is 7.50. The van der Waals surface area contributed by atoms with Gasteiger partial charge >= 0.3 is 0 Å². The fraction of sp³-hybridized carbons (Fsp3) is 0.111. The van der Waals surface area contributed by atoms with E-state index in [1.807, 2.05) is 24.3 Å². The van der Waals surface area contributed by atoms with E-state index in [1.165, 1.54) is 11.8 Å². The highest BCUT2D eigenvalue weighted by atomic mass is 32.2. The number of nitrogen functional groups attached to an aromatic ring is 1. The summed E-state index contributed by atoms with van der Waals surface area (Å²) in [5.74, 6) is 0.814. The average Bonchev–Trinajstić information content (AvgIpc) is 2.67. The van der Waals surface area contributed by atoms with Crippen LogP contribution in [-0.2, 0) is 12.4 Å². The molecule has 0 aliphatic heterocycles. The second-order valence-corrected chi connectivity index (χ2v) is 6.17. The monoisotopic (exact) mass is 349 g/mol. The number of hydrogen-bond acceptors (Lipinski definition) is 7. The predicted octanol–water partition coefficient (Wildman–Crippen LogP) is 2.78. The fourth-order valence-electron chi connectivity index (χ4n) is 2.24. The van der Waals surface area contributed by atoms with Crippen molar-refractivity contribution in [2.45, 2.75) is 17.5 Å². The second kappa shape index (κ2) is 7.75. The van der Waals surface area contributed by atoms with Crippen molar-refractivity contribution in [2.24, 2.45) is 0 Å². The van der Waals surface area contributed by atoms with E-state index in [9.17, 15) is 5.26 Å². The Morgan fingerprint density at radius 3 is 2.56 bits per heavy atom. The van der Waals surface area contributed by atoms with Crippen LogP contribution >= 0.6 is 11.8 Å². The van der Waals surface area contributed by atoms with Gasteiger partial charge in [0.15, 0.2) is 5.16 Å². The summed E-state index contributed by atoms with van der Waals surface area (Å²) in [6, 6.07) is 13.1. The summed E-state index contributed by atoms with van der Waals surface area (Å²) in [5, 5.41) is 19.1. The molecule has 0 amide bonds. The van der Waals surface area contributed by atoms with Crippen molar-refractivity contribution in [1.82, 2.24) is 15.0 Å². The SMILES string of the molecule is N#Cc1c(N)nc(SCc2cccnc2)nc1-c1ccc(CO)cc1. The molecule has 0 saturated carbocycles. The van der Waals surface area contributed by atoms with Crippen LogP contribution in [-0.4, -0.2) is 20.1 Å². The summed E-state index contributed by atoms with van der Waals surface area (Å²) < 4.78 is 0. The number of nitrogens with two attached hydrogens (primary N) is 1. The lowest BCUT2D eigenvalue weighted by Crippen LogP contribution is -2.02. The van der Waals surface area contributed by atoms with Gasteiger partial charge in [-0.3, -0.25) is 4.98 Å². The minimum Gasteiger partial charge on any atom is -0.392 e. The number of pyridine rings is 1.